The molecule has 1 unspecified atom stereocenters. The first kappa shape index (κ1) is 11.3. The van der Waals surface area contributed by atoms with Crippen molar-refractivity contribution < 1.29 is 4.79 Å². The van der Waals surface area contributed by atoms with Gasteiger partial charge in [0.15, 0.2) is 0 Å². The second-order valence-corrected chi connectivity index (χ2v) is 5.71. The fourth-order valence-electron chi connectivity index (χ4n) is 2.85. The smallest absolute Gasteiger partial charge is 0.220 e. The minimum Gasteiger partial charge on any atom is -0.352 e. The molecular weight excluding hydrogens is 210 g/mol. The van der Waals surface area contributed by atoms with Crippen LogP contribution in [0.5, 0.6) is 0 Å². The number of nitrogens with one attached hydrogen (secondary N) is 1. The Morgan fingerprint density at radius 3 is 2.60 bits per heavy atom. The summed E-state index contributed by atoms with van der Waals surface area (Å²) in [6.07, 6.45) is 9.78. The first-order valence-corrected chi connectivity index (χ1v) is 6.57. The average molecular weight is 230 g/mol. The molecule has 3 heteroatoms. The van der Waals surface area contributed by atoms with Gasteiger partial charge in [0.05, 0.1) is 4.87 Å². The summed E-state index contributed by atoms with van der Waals surface area (Å²) in [4.78, 5) is 11.4. The lowest BCUT2D eigenvalue weighted by Gasteiger charge is -2.38. The number of amides is 1. The van der Waals surface area contributed by atoms with Gasteiger partial charge in [0, 0.05) is 12.5 Å². The maximum Gasteiger partial charge on any atom is 0.220 e. The third-order valence-corrected chi connectivity index (χ3v) is 4.43. The van der Waals surface area contributed by atoms with Crippen molar-refractivity contribution in [3.8, 4) is 0 Å². The number of hydrogen-bond acceptors (Lipinski definition) is 1. The van der Waals surface area contributed by atoms with E-state index in [0.717, 1.165) is 32.1 Å². The Hall–Kier alpha value is -0.240. The summed E-state index contributed by atoms with van der Waals surface area (Å²) in [6.45, 7) is 0. The zero-order valence-corrected chi connectivity index (χ0v) is 9.98. The molecule has 15 heavy (non-hydrogen) atoms. The van der Waals surface area contributed by atoms with Gasteiger partial charge in [-0.1, -0.05) is 25.7 Å². The Bertz CT molecular complexity index is 236. The van der Waals surface area contributed by atoms with Gasteiger partial charge in [-0.15, -0.1) is 11.6 Å². The summed E-state index contributed by atoms with van der Waals surface area (Å²) in [5.41, 5.74) is 0. The largest absolute Gasteiger partial charge is 0.352 e. The molecule has 1 saturated heterocycles. The lowest BCUT2D eigenvalue weighted by atomic mass is 9.81. The molecule has 2 aliphatic rings. The van der Waals surface area contributed by atoms with Crippen LogP contribution >= 0.6 is 11.6 Å². The zero-order valence-electron chi connectivity index (χ0n) is 9.23. The molecule has 86 valence electrons. The van der Waals surface area contributed by atoms with Crippen molar-refractivity contribution >= 4 is 17.5 Å². The molecule has 1 heterocycles. The molecule has 0 aromatic carbocycles. The molecule has 0 bridgehead atoms. The number of halogens is 1. The van der Waals surface area contributed by atoms with Crippen LogP contribution in [0.2, 0.25) is 0 Å². The maximum atomic E-state index is 11.5. The van der Waals surface area contributed by atoms with Crippen LogP contribution in [-0.2, 0) is 4.79 Å². The summed E-state index contributed by atoms with van der Waals surface area (Å²) >= 11 is 6.68. The Morgan fingerprint density at radius 2 is 1.87 bits per heavy atom. The highest BCUT2D eigenvalue weighted by molar-refractivity contribution is 6.24. The van der Waals surface area contributed by atoms with Crippen molar-refractivity contribution in [3.05, 3.63) is 0 Å². The minimum absolute atomic E-state index is 0.141. The van der Waals surface area contributed by atoms with Crippen molar-refractivity contribution in [2.75, 3.05) is 0 Å². The van der Waals surface area contributed by atoms with Gasteiger partial charge in [-0.05, 0) is 25.7 Å². The van der Waals surface area contributed by atoms with E-state index in [2.05, 4.69) is 5.32 Å². The topological polar surface area (TPSA) is 29.1 Å². The lowest BCUT2D eigenvalue weighted by molar-refractivity contribution is -0.121. The van der Waals surface area contributed by atoms with Gasteiger partial charge in [0.2, 0.25) is 5.91 Å². The normalized spacial score (nSPS) is 31.8. The summed E-state index contributed by atoms with van der Waals surface area (Å²) in [7, 11) is 0. The van der Waals surface area contributed by atoms with E-state index in [-0.39, 0.29) is 16.8 Å². The van der Waals surface area contributed by atoms with E-state index in [1.165, 1.54) is 19.3 Å². The van der Waals surface area contributed by atoms with E-state index < -0.39 is 0 Å². The molecule has 1 saturated carbocycles. The fourth-order valence-corrected chi connectivity index (χ4v) is 3.28. The second kappa shape index (κ2) is 4.73. The molecule has 0 spiro atoms. The predicted octanol–water partition coefficient (Wildman–Crippen LogP) is 2.99. The van der Waals surface area contributed by atoms with Gasteiger partial charge in [0.1, 0.15) is 0 Å². The number of carbonyl (C=O) groups is 1. The molecule has 0 aromatic rings. The first-order valence-electron chi connectivity index (χ1n) is 6.19. The van der Waals surface area contributed by atoms with E-state index in [1.807, 2.05) is 0 Å². The Morgan fingerprint density at radius 1 is 1.13 bits per heavy atom. The van der Waals surface area contributed by atoms with E-state index in [1.54, 1.807) is 0 Å². The van der Waals surface area contributed by atoms with Crippen LogP contribution in [0.3, 0.4) is 0 Å². The van der Waals surface area contributed by atoms with Crippen LogP contribution in [0.1, 0.15) is 57.8 Å². The lowest BCUT2D eigenvalue weighted by Crippen LogP contribution is -2.49. The highest BCUT2D eigenvalue weighted by Gasteiger charge is 2.39. The average Bonchev–Trinajstić information content (AvgIpc) is 2.44. The second-order valence-electron chi connectivity index (χ2n) is 4.96. The first-order chi connectivity index (χ1) is 7.21. The maximum absolute atomic E-state index is 11.5. The summed E-state index contributed by atoms with van der Waals surface area (Å²) in [5.74, 6) is 0.197. The van der Waals surface area contributed by atoms with Gasteiger partial charge < -0.3 is 5.32 Å². The van der Waals surface area contributed by atoms with Gasteiger partial charge in [-0.2, -0.15) is 0 Å². The monoisotopic (exact) mass is 229 g/mol. The van der Waals surface area contributed by atoms with Crippen molar-refractivity contribution in [1.29, 1.82) is 0 Å². The number of carbonyl (C=O) groups excluding carboxylic acids is 1. The highest BCUT2D eigenvalue weighted by atomic mass is 35.5. The molecule has 0 aromatic heterocycles. The molecule has 1 atom stereocenters. The van der Waals surface area contributed by atoms with Crippen molar-refractivity contribution in [1.82, 2.24) is 5.32 Å². The predicted molar refractivity (Wildman–Crippen MR) is 62.1 cm³/mol. The van der Waals surface area contributed by atoms with Crippen LogP contribution < -0.4 is 5.32 Å². The Balaban J connectivity index is 2.02. The number of alkyl halides is 1. The minimum atomic E-state index is -0.141. The molecule has 0 radical (unpaired) electrons. The van der Waals surface area contributed by atoms with E-state index in [9.17, 15) is 4.79 Å². The molecule has 1 N–H and O–H groups in total. The summed E-state index contributed by atoms with van der Waals surface area (Å²) in [5, 5.41) is 3.12. The van der Waals surface area contributed by atoms with Crippen LogP contribution in [0.4, 0.5) is 0 Å². The molecule has 2 fully saturated rings. The van der Waals surface area contributed by atoms with E-state index in [0.29, 0.717) is 6.42 Å². The highest BCUT2D eigenvalue weighted by Crippen LogP contribution is 2.39. The third kappa shape index (κ3) is 2.66. The molecule has 1 aliphatic heterocycles. The molecule has 2 nitrogen and oxygen atoms in total. The third-order valence-electron chi connectivity index (χ3n) is 3.79. The zero-order chi connectivity index (χ0) is 10.7. The molecular formula is C12H20ClNO. The van der Waals surface area contributed by atoms with Gasteiger partial charge in [-0.25, -0.2) is 0 Å². The van der Waals surface area contributed by atoms with Crippen molar-refractivity contribution in [2.24, 2.45) is 0 Å². The summed E-state index contributed by atoms with van der Waals surface area (Å²) < 4.78 is 0. The molecule has 1 amide bonds. The van der Waals surface area contributed by atoms with Gasteiger partial charge in [0.25, 0.3) is 0 Å². The quantitative estimate of drug-likeness (QED) is 0.689. The van der Waals surface area contributed by atoms with Crippen LogP contribution in [0.25, 0.3) is 0 Å². The van der Waals surface area contributed by atoms with Crippen LogP contribution in [-0.4, -0.2) is 16.8 Å². The number of rotatable bonds is 1. The van der Waals surface area contributed by atoms with E-state index >= 15 is 0 Å². The van der Waals surface area contributed by atoms with Crippen molar-refractivity contribution in [3.63, 3.8) is 0 Å². The molecule has 1 aliphatic carbocycles. The van der Waals surface area contributed by atoms with Gasteiger partial charge >= 0.3 is 0 Å². The molecule has 2 rings (SSSR count). The SMILES string of the molecule is O=C1CCCCC(C2(Cl)CCCCC2)N1. The summed E-state index contributed by atoms with van der Waals surface area (Å²) in [6, 6.07) is 0.217. The Kier molecular flexibility index (Phi) is 3.55. The van der Waals surface area contributed by atoms with Crippen LogP contribution in [0, 0.1) is 0 Å². The fraction of sp³-hybridized carbons (Fsp3) is 0.917. The number of hydrogen-bond donors (Lipinski definition) is 1. The van der Waals surface area contributed by atoms with Crippen LogP contribution in [0.15, 0.2) is 0 Å². The Labute approximate surface area is 96.8 Å². The van der Waals surface area contributed by atoms with E-state index in [4.69, 9.17) is 11.6 Å². The standard InChI is InChI=1S/C12H20ClNO/c13-12(8-4-1-5-9-12)10-6-2-3-7-11(15)14-10/h10H,1-9H2,(H,14,15). The van der Waals surface area contributed by atoms with Gasteiger partial charge in [-0.3, -0.25) is 4.79 Å². The van der Waals surface area contributed by atoms with Crippen molar-refractivity contribution in [2.45, 2.75) is 68.7 Å².